The van der Waals surface area contributed by atoms with Gasteiger partial charge in [-0.1, -0.05) is 12.1 Å². The van der Waals surface area contributed by atoms with Crippen molar-refractivity contribution in [2.75, 3.05) is 11.4 Å². The van der Waals surface area contributed by atoms with Gasteiger partial charge >= 0.3 is 18.8 Å². The van der Waals surface area contributed by atoms with E-state index in [0.717, 1.165) is 30.0 Å². The van der Waals surface area contributed by atoms with E-state index in [2.05, 4.69) is 19.8 Å². The molecule has 2 saturated heterocycles. The van der Waals surface area contributed by atoms with Crippen LogP contribution in [0.25, 0.3) is 0 Å². The molecule has 4 rings (SSSR count). The number of ether oxygens (including phenoxy) is 1. The fourth-order valence-corrected chi connectivity index (χ4v) is 3.94. The molecule has 0 radical (unpaired) electrons. The van der Waals surface area contributed by atoms with Crippen LogP contribution in [0.4, 0.5) is 27.8 Å². The van der Waals surface area contributed by atoms with Crippen molar-refractivity contribution in [1.29, 1.82) is 0 Å². The van der Waals surface area contributed by atoms with Gasteiger partial charge in [0.25, 0.3) is 0 Å². The second-order valence-corrected chi connectivity index (χ2v) is 7.70. The topological polar surface area (TPSA) is 95.9 Å². The SMILES string of the molecule is Cc1ccc(N2CC[C@H]3[C@@H]2CC(=O)N3Cc2ccc(OC(F)F)cc2)nn1.O=C(O)C(F)(F)F. The highest BCUT2D eigenvalue weighted by molar-refractivity contribution is 5.81. The summed E-state index contributed by atoms with van der Waals surface area (Å²) in [6.07, 6.45) is -3.76. The number of fused-ring (bicyclic) bond motifs is 1. The Bertz CT molecular complexity index is 1000. The van der Waals surface area contributed by atoms with Crippen molar-refractivity contribution in [3.05, 3.63) is 47.7 Å². The lowest BCUT2D eigenvalue weighted by atomic mass is 10.1. The maximum atomic E-state index is 12.6. The number of anilines is 1. The number of aryl methyl sites for hydroxylation is 1. The zero-order valence-corrected chi connectivity index (χ0v) is 17.9. The lowest BCUT2D eigenvalue weighted by Crippen LogP contribution is -2.37. The van der Waals surface area contributed by atoms with Gasteiger partial charge in [0.2, 0.25) is 5.91 Å². The van der Waals surface area contributed by atoms with E-state index in [1.807, 2.05) is 24.0 Å². The first-order valence-corrected chi connectivity index (χ1v) is 10.2. The van der Waals surface area contributed by atoms with Crippen LogP contribution in [-0.4, -0.2) is 63.5 Å². The van der Waals surface area contributed by atoms with Gasteiger partial charge in [0.1, 0.15) is 5.75 Å². The van der Waals surface area contributed by atoms with Crippen molar-refractivity contribution in [3.63, 3.8) is 0 Å². The van der Waals surface area contributed by atoms with Crippen molar-refractivity contribution in [3.8, 4) is 5.75 Å². The number of hydrogen-bond acceptors (Lipinski definition) is 6. The number of carboxylic acid groups (broad SMARTS) is 1. The predicted molar refractivity (Wildman–Crippen MR) is 108 cm³/mol. The van der Waals surface area contributed by atoms with E-state index in [1.165, 1.54) is 12.1 Å². The second-order valence-electron chi connectivity index (χ2n) is 7.70. The van der Waals surface area contributed by atoms with Gasteiger partial charge in [-0.3, -0.25) is 4.79 Å². The molecular weight excluding hydrogens is 467 g/mol. The number of aromatic nitrogens is 2. The highest BCUT2D eigenvalue weighted by Crippen LogP contribution is 2.35. The van der Waals surface area contributed by atoms with Gasteiger partial charge in [0, 0.05) is 19.5 Å². The third-order valence-electron chi connectivity index (χ3n) is 5.44. The number of carbonyl (C=O) groups is 2. The molecule has 13 heteroatoms. The predicted octanol–water partition coefficient (Wildman–Crippen LogP) is 3.40. The summed E-state index contributed by atoms with van der Waals surface area (Å²) in [5, 5.41) is 15.5. The van der Waals surface area contributed by atoms with E-state index in [1.54, 1.807) is 12.1 Å². The van der Waals surface area contributed by atoms with Gasteiger partial charge in [-0.2, -0.15) is 27.1 Å². The molecule has 3 heterocycles. The minimum atomic E-state index is -5.08. The molecule has 1 amide bonds. The summed E-state index contributed by atoms with van der Waals surface area (Å²) in [6.45, 7) is 0.341. The summed E-state index contributed by atoms with van der Waals surface area (Å²) < 4.78 is 60.6. The molecule has 0 saturated carbocycles. The number of amides is 1. The van der Waals surface area contributed by atoms with Crippen molar-refractivity contribution >= 4 is 17.7 Å². The number of carboxylic acids is 1. The summed E-state index contributed by atoms with van der Waals surface area (Å²) in [4.78, 5) is 25.5. The Morgan fingerprint density at radius 3 is 2.32 bits per heavy atom. The van der Waals surface area contributed by atoms with E-state index in [-0.39, 0.29) is 23.7 Å². The Kier molecular flexibility index (Phi) is 7.52. The minimum absolute atomic E-state index is 0.0935. The van der Waals surface area contributed by atoms with Crippen molar-refractivity contribution < 1.29 is 41.4 Å². The number of alkyl halides is 5. The molecule has 184 valence electrons. The lowest BCUT2D eigenvalue weighted by Gasteiger charge is -2.26. The van der Waals surface area contributed by atoms with Crippen LogP contribution in [0, 0.1) is 6.92 Å². The molecule has 1 aromatic carbocycles. The molecule has 2 fully saturated rings. The maximum absolute atomic E-state index is 12.6. The lowest BCUT2D eigenvalue weighted by molar-refractivity contribution is -0.192. The van der Waals surface area contributed by atoms with Crippen LogP contribution in [-0.2, 0) is 16.1 Å². The van der Waals surface area contributed by atoms with Crippen LogP contribution in [0.1, 0.15) is 24.1 Å². The summed E-state index contributed by atoms with van der Waals surface area (Å²) in [6, 6.07) is 10.5. The van der Waals surface area contributed by atoms with Gasteiger partial charge in [-0.15, -0.1) is 5.10 Å². The Labute approximate surface area is 190 Å². The highest BCUT2D eigenvalue weighted by atomic mass is 19.4. The smallest absolute Gasteiger partial charge is 0.475 e. The first-order valence-electron chi connectivity index (χ1n) is 10.2. The number of likely N-dealkylation sites (tertiary alicyclic amines) is 1. The Morgan fingerprint density at radius 2 is 1.79 bits per heavy atom. The standard InChI is InChI=1S/C19H20F2N4O2.C2HF3O2/c1-12-2-7-17(23-22-12)24-9-8-15-16(24)10-18(26)25(15)11-13-3-5-14(6-4-13)27-19(20)21;3-2(4,5)1(6)7/h2-7,15-16,19H,8-11H2,1H3;(H,6,7)/t15-,16-;/m0./s1. The zero-order chi connectivity index (χ0) is 25.0. The van der Waals surface area contributed by atoms with Crippen molar-refractivity contribution in [2.24, 2.45) is 0 Å². The number of rotatable bonds is 5. The third-order valence-corrected chi connectivity index (χ3v) is 5.44. The monoisotopic (exact) mass is 488 g/mol. The van der Waals surface area contributed by atoms with Crippen molar-refractivity contribution in [2.45, 2.75) is 51.2 Å². The average molecular weight is 488 g/mol. The summed E-state index contributed by atoms with van der Waals surface area (Å²) in [5.74, 6) is -1.74. The molecule has 2 atom stereocenters. The first kappa shape index (κ1) is 25.1. The molecular formula is C21H21F5N4O4. The van der Waals surface area contributed by atoms with Crippen LogP contribution in [0.3, 0.4) is 0 Å². The molecule has 2 aliphatic rings. The molecule has 2 aliphatic heterocycles. The maximum Gasteiger partial charge on any atom is 0.490 e. The number of carbonyl (C=O) groups excluding carboxylic acids is 1. The summed E-state index contributed by atoms with van der Waals surface area (Å²) >= 11 is 0. The van der Waals surface area contributed by atoms with Gasteiger partial charge < -0.3 is 19.6 Å². The fourth-order valence-electron chi connectivity index (χ4n) is 3.94. The molecule has 34 heavy (non-hydrogen) atoms. The Balaban J connectivity index is 0.000000406. The zero-order valence-electron chi connectivity index (χ0n) is 17.9. The number of nitrogens with zero attached hydrogens (tertiary/aromatic N) is 4. The van der Waals surface area contributed by atoms with Crippen LogP contribution in [0.15, 0.2) is 36.4 Å². The second kappa shape index (κ2) is 10.2. The fraction of sp³-hybridized carbons (Fsp3) is 0.429. The largest absolute Gasteiger partial charge is 0.490 e. The Hall–Kier alpha value is -3.51. The number of aliphatic carboxylic acids is 1. The first-order chi connectivity index (χ1) is 16.0. The van der Waals surface area contributed by atoms with E-state index < -0.39 is 18.8 Å². The van der Waals surface area contributed by atoms with Crippen LogP contribution in [0.2, 0.25) is 0 Å². The Morgan fingerprint density at radius 1 is 1.15 bits per heavy atom. The molecule has 1 N–H and O–H groups in total. The number of hydrogen-bond donors (Lipinski definition) is 1. The summed E-state index contributed by atoms with van der Waals surface area (Å²) in [5.41, 5.74) is 1.75. The molecule has 1 aromatic heterocycles. The minimum Gasteiger partial charge on any atom is -0.475 e. The summed E-state index contributed by atoms with van der Waals surface area (Å²) in [7, 11) is 0. The van der Waals surface area contributed by atoms with Crippen LogP contribution in [0.5, 0.6) is 5.75 Å². The van der Waals surface area contributed by atoms with Gasteiger partial charge in [-0.05, 0) is 43.2 Å². The van der Waals surface area contributed by atoms with Gasteiger partial charge in [0.05, 0.1) is 17.8 Å². The van der Waals surface area contributed by atoms with Gasteiger partial charge in [0.15, 0.2) is 5.82 Å². The number of benzene rings is 1. The normalized spacial score (nSPS) is 19.7. The molecule has 2 aromatic rings. The molecule has 0 aliphatic carbocycles. The molecule has 0 spiro atoms. The van der Waals surface area contributed by atoms with E-state index in [9.17, 15) is 26.7 Å². The van der Waals surface area contributed by atoms with E-state index >= 15 is 0 Å². The average Bonchev–Trinajstić information content (AvgIpc) is 3.29. The van der Waals surface area contributed by atoms with Crippen LogP contribution < -0.4 is 9.64 Å². The van der Waals surface area contributed by atoms with Crippen molar-refractivity contribution in [1.82, 2.24) is 15.1 Å². The van der Waals surface area contributed by atoms with E-state index in [0.29, 0.717) is 13.0 Å². The quantitative estimate of drug-likeness (QED) is 0.645. The van der Waals surface area contributed by atoms with E-state index in [4.69, 9.17) is 9.90 Å². The van der Waals surface area contributed by atoms with Crippen LogP contribution >= 0.6 is 0 Å². The number of halogens is 5. The third kappa shape index (κ3) is 6.08. The molecule has 0 unspecified atom stereocenters. The highest BCUT2D eigenvalue weighted by Gasteiger charge is 2.47. The van der Waals surface area contributed by atoms with Gasteiger partial charge in [-0.25, -0.2) is 4.79 Å². The molecule has 8 nitrogen and oxygen atoms in total. The molecule has 0 bridgehead atoms.